The molecule has 0 atom stereocenters. The Morgan fingerprint density at radius 2 is 1.69 bits per heavy atom. The highest BCUT2D eigenvalue weighted by Gasteiger charge is 2.22. The van der Waals surface area contributed by atoms with Crippen LogP contribution in [-0.4, -0.2) is 46.6 Å². The minimum atomic E-state index is -0.180. The van der Waals surface area contributed by atoms with Gasteiger partial charge < -0.3 is 20.5 Å². The summed E-state index contributed by atoms with van der Waals surface area (Å²) in [5.41, 5.74) is 2.86. The number of carbonyl (C=O) groups is 3. The van der Waals surface area contributed by atoms with Crippen LogP contribution in [0.25, 0.3) is 10.1 Å². The van der Waals surface area contributed by atoms with Crippen molar-refractivity contribution >= 4 is 46.0 Å². The molecule has 0 saturated heterocycles. The molecule has 9 nitrogen and oxygen atoms in total. The molecule has 11 heteroatoms. The molecule has 0 saturated carbocycles. The Labute approximate surface area is 233 Å². The molecule has 0 unspecified atom stereocenters. The Morgan fingerprint density at radius 1 is 1.08 bits per heavy atom. The first kappa shape index (κ1) is 33.1. The third-order valence-electron chi connectivity index (χ3n) is 4.73. The fraction of sp³-hybridized carbons (Fsp3) is 0.321. The molecular formula is C28H37FN6O3S. The third-order valence-corrected chi connectivity index (χ3v) is 5.64. The smallest absolute Gasteiger partial charge is 0.240 e. The number of aryl methyl sites for hydroxylation is 2. The number of hydrogen-bond acceptors (Lipinski definition) is 7. The molecule has 210 valence electrons. The van der Waals surface area contributed by atoms with Gasteiger partial charge in [0, 0.05) is 5.39 Å². The minimum Gasteiger partial charge on any atom is -0.349 e. The highest BCUT2D eigenvalue weighted by atomic mass is 32.1. The summed E-state index contributed by atoms with van der Waals surface area (Å²) in [6, 6.07) is 14.7. The van der Waals surface area contributed by atoms with Crippen LogP contribution >= 0.6 is 11.5 Å². The molecule has 3 heterocycles. The number of halogens is 1. The second-order valence-corrected chi connectivity index (χ2v) is 9.08. The molecule has 2 aromatic heterocycles. The van der Waals surface area contributed by atoms with Crippen LogP contribution in [-0.2, 0) is 22.7 Å². The number of anilines is 1. The van der Waals surface area contributed by atoms with Crippen LogP contribution in [0.2, 0.25) is 0 Å². The van der Waals surface area contributed by atoms with Gasteiger partial charge in [0.25, 0.3) is 0 Å². The summed E-state index contributed by atoms with van der Waals surface area (Å²) in [7, 11) is 3.75. The number of carbonyl (C=O) groups excluding carboxylic acids is 3. The molecule has 1 aliphatic rings. The quantitative estimate of drug-likeness (QED) is 0.310. The lowest BCUT2D eigenvalue weighted by Gasteiger charge is -2.16. The molecular weight excluding hydrogens is 519 g/mol. The van der Waals surface area contributed by atoms with Gasteiger partial charge in [-0.15, -0.1) is 0 Å². The molecule has 2 aromatic carbocycles. The summed E-state index contributed by atoms with van der Waals surface area (Å²) in [5, 5.41) is 9.02. The number of aldehydes is 1. The van der Waals surface area contributed by atoms with E-state index in [1.54, 1.807) is 23.7 Å². The maximum atomic E-state index is 12.1. The number of imidazole rings is 1. The number of nitrogens with zero attached hydrogens (tertiary/aromatic N) is 3. The molecule has 0 spiro atoms. The van der Waals surface area contributed by atoms with Crippen molar-refractivity contribution in [3.63, 3.8) is 0 Å². The standard InChI is InChI=1S/C8H8N4O3.C8H7NS.C7H7F.C3H8.C2H7N/c13-3-6-11-8(10-4-14)5-1-9-7(15)2-12(5)6;1-6-7-4-2-3-5-8(7)10-9-6;1-6-2-4-7(8)5-3-6;2*1-3-2/h3-4H,1-2H2,(H,9,15)(H,10,14);2-5H,1H3;2-5H,1H3;3H2,1-2H3;3H,1-2H3. The van der Waals surface area contributed by atoms with Gasteiger partial charge in [0.15, 0.2) is 17.9 Å². The van der Waals surface area contributed by atoms with E-state index in [1.807, 2.05) is 40.1 Å². The van der Waals surface area contributed by atoms with E-state index in [2.05, 4.69) is 51.3 Å². The van der Waals surface area contributed by atoms with Gasteiger partial charge in [-0.3, -0.25) is 14.4 Å². The van der Waals surface area contributed by atoms with Gasteiger partial charge >= 0.3 is 0 Å². The summed E-state index contributed by atoms with van der Waals surface area (Å²) in [6.45, 7) is 8.53. The topological polar surface area (TPSA) is 118 Å². The number of benzene rings is 2. The van der Waals surface area contributed by atoms with Crippen molar-refractivity contribution in [3.05, 3.63) is 77.1 Å². The maximum absolute atomic E-state index is 12.1. The first-order valence-corrected chi connectivity index (χ1v) is 13.2. The van der Waals surface area contributed by atoms with Crippen LogP contribution in [0, 0.1) is 19.7 Å². The summed E-state index contributed by atoms with van der Waals surface area (Å²) < 4.78 is 19.1. The van der Waals surface area contributed by atoms with E-state index < -0.39 is 0 Å². The number of nitrogens with one attached hydrogen (secondary N) is 3. The molecule has 4 aromatic rings. The Morgan fingerprint density at radius 3 is 2.23 bits per heavy atom. The van der Waals surface area contributed by atoms with Crippen molar-refractivity contribution in [2.45, 2.75) is 47.2 Å². The van der Waals surface area contributed by atoms with Crippen LogP contribution in [0.3, 0.4) is 0 Å². The van der Waals surface area contributed by atoms with Crippen LogP contribution < -0.4 is 16.0 Å². The van der Waals surface area contributed by atoms with E-state index in [1.165, 1.54) is 33.2 Å². The van der Waals surface area contributed by atoms with Crippen LogP contribution in [0.5, 0.6) is 0 Å². The second kappa shape index (κ2) is 18.3. The molecule has 0 radical (unpaired) electrons. The number of amides is 2. The van der Waals surface area contributed by atoms with Gasteiger partial charge in [0.2, 0.25) is 12.3 Å². The van der Waals surface area contributed by atoms with Gasteiger partial charge in [-0.2, -0.15) is 4.37 Å². The normalized spacial score (nSPS) is 10.9. The highest BCUT2D eigenvalue weighted by molar-refractivity contribution is 7.13. The lowest BCUT2D eigenvalue weighted by molar-refractivity contribution is -0.122. The van der Waals surface area contributed by atoms with Gasteiger partial charge in [-0.1, -0.05) is 56.2 Å². The zero-order chi connectivity index (χ0) is 29.2. The first-order valence-electron chi connectivity index (χ1n) is 12.4. The SMILES string of the molecule is CCC.CNC.Cc1ccc(F)cc1.Cc1nsc2ccccc12.O=CNc1nc(C=O)n2c1CNC(=O)C2. The van der Waals surface area contributed by atoms with E-state index >= 15 is 0 Å². The van der Waals surface area contributed by atoms with Gasteiger partial charge in [0.1, 0.15) is 12.4 Å². The Hall–Kier alpha value is -3.96. The van der Waals surface area contributed by atoms with Crippen molar-refractivity contribution < 1.29 is 18.8 Å². The summed E-state index contributed by atoms with van der Waals surface area (Å²) >= 11 is 1.56. The number of hydrogen-bond donors (Lipinski definition) is 3. The average molecular weight is 557 g/mol. The monoisotopic (exact) mass is 556 g/mol. The van der Waals surface area contributed by atoms with Gasteiger partial charge in [0.05, 0.1) is 22.6 Å². The fourth-order valence-corrected chi connectivity index (χ4v) is 3.84. The van der Waals surface area contributed by atoms with Crippen molar-refractivity contribution in [1.29, 1.82) is 0 Å². The highest BCUT2D eigenvalue weighted by Crippen LogP contribution is 2.20. The summed E-state index contributed by atoms with van der Waals surface area (Å²) in [4.78, 5) is 35.9. The molecule has 1 aliphatic heterocycles. The summed E-state index contributed by atoms with van der Waals surface area (Å²) in [5.74, 6) is 0.104. The van der Waals surface area contributed by atoms with Gasteiger partial charge in [-0.25, -0.2) is 9.37 Å². The van der Waals surface area contributed by atoms with Crippen molar-refractivity contribution in [3.8, 4) is 0 Å². The molecule has 3 N–H and O–H groups in total. The van der Waals surface area contributed by atoms with Crippen LogP contribution in [0.4, 0.5) is 10.2 Å². The minimum absolute atomic E-state index is 0.0525. The predicted molar refractivity (Wildman–Crippen MR) is 156 cm³/mol. The molecule has 39 heavy (non-hydrogen) atoms. The van der Waals surface area contributed by atoms with E-state index in [-0.39, 0.29) is 30.6 Å². The van der Waals surface area contributed by atoms with E-state index in [0.29, 0.717) is 24.2 Å². The zero-order valence-corrected chi connectivity index (χ0v) is 24.1. The molecule has 0 aliphatic carbocycles. The van der Waals surface area contributed by atoms with Crippen LogP contribution in [0.1, 0.15) is 47.8 Å². The number of aromatic nitrogens is 3. The third kappa shape index (κ3) is 11.1. The lowest BCUT2D eigenvalue weighted by Crippen LogP contribution is -2.34. The molecule has 0 fully saturated rings. The maximum Gasteiger partial charge on any atom is 0.240 e. The second-order valence-electron chi connectivity index (χ2n) is 8.28. The van der Waals surface area contributed by atoms with Crippen LogP contribution in [0.15, 0.2) is 48.5 Å². The average Bonchev–Trinajstić information content (AvgIpc) is 3.47. The van der Waals surface area contributed by atoms with Crippen molar-refractivity contribution in [2.24, 2.45) is 0 Å². The first-order chi connectivity index (χ1) is 18.8. The molecule has 5 rings (SSSR count). The Bertz CT molecular complexity index is 1280. The largest absolute Gasteiger partial charge is 0.349 e. The Kier molecular flexibility index (Phi) is 15.5. The molecule has 0 bridgehead atoms. The van der Waals surface area contributed by atoms with E-state index in [4.69, 9.17) is 0 Å². The van der Waals surface area contributed by atoms with E-state index in [9.17, 15) is 18.8 Å². The summed E-state index contributed by atoms with van der Waals surface area (Å²) in [6.07, 6.45) is 2.28. The number of fused-ring (bicyclic) bond motifs is 2. The van der Waals surface area contributed by atoms with Gasteiger partial charge in [-0.05, 0) is 57.7 Å². The van der Waals surface area contributed by atoms with Crippen molar-refractivity contribution in [1.82, 2.24) is 24.6 Å². The van der Waals surface area contributed by atoms with E-state index in [0.717, 1.165) is 11.3 Å². The predicted octanol–water partition coefficient (Wildman–Crippen LogP) is 4.88. The lowest BCUT2D eigenvalue weighted by atomic mass is 10.2. The zero-order valence-electron chi connectivity index (χ0n) is 23.2. The number of rotatable bonds is 3. The van der Waals surface area contributed by atoms with Crippen molar-refractivity contribution in [2.75, 3.05) is 19.4 Å². The molecule has 2 amide bonds. The Balaban J connectivity index is 0.000000276. The fourth-order valence-electron chi connectivity index (χ4n) is 3.05.